The highest BCUT2D eigenvalue weighted by atomic mass is 16.6. The summed E-state index contributed by atoms with van der Waals surface area (Å²) in [6.45, 7) is 1.17. The van der Waals surface area contributed by atoms with Crippen LogP contribution < -0.4 is 0 Å². The third-order valence-electron chi connectivity index (χ3n) is 4.18. The maximum Gasteiger partial charge on any atom is 0.307 e. The molecule has 0 aromatic heterocycles. The Kier molecular flexibility index (Phi) is 59.4. The van der Waals surface area contributed by atoms with E-state index in [-0.39, 0.29) is 72.9 Å². The van der Waals surface area contributed by atoms with E-state index in [4.69, 9.17) is 40.1 Å². The first-order valence-electron chi connectivity index (χ1n) is 12.8. The van der Waals surface area contributed by atoms with E-state index in [2.05, 4.69) is 9.47 Å². The molecule has 0 aliphatic rings. The van der Waals surface area contributed by atoms with E-state index < -0.39 is 24.7 Å². The van der Waals surface area contributed by atoms with Gasteiger partial charge in [-0.1, -0.05) is 27.7 Å². The maximum atomic E-state index is 11.1. The summed E-state index contributed by atoms with van der Waals surface area (Å²) in [5.41, 5.74) is 0. The van der Waals surface area contributed by atoms with Gasteiger partial charge in [0.1, 0.15) is 6.61 Å². The van der Waals surface area contributed by atoms with Crippen molar-refractivity contribution in [3.63, 3.8) is 0 Å². The molecule has 0 bridgehead atoms. The molecular weight excluding hydrogens is 548 g/mol. The number of unbranched alkanes of at least 4 members (excludes halogenated alkanes) is 5. The van der Waals surface area contributed by atoms with Gasteiger partial charge in [-0.05, 0) is 38.5 Å². The molecule has 0 fully saturated rings. The van der Waals surface area contributed by atoms with Crippen molar-refractivity contribution in [2.24, 2.45) is 0 Å². The molecule has 0 aromatic carbocycles. The summed E-state index contributed by atoms with van der Waals surface area (Å²) in [5, 5.41) is 49.1. The second-order valence-electron chi connectivity index (χ2n) is 7.64. The van der Waals surface area contributed by atoms with Crippen LogP contribution in [0.3, 0.4) is 0 Å². The molecule has 0 aliphatic carbocycles. The third kappa shape index (κ3) is 67.4. The van der Waals surface area contributed by atoms with Gasteiger partial charge in [0.2, 0.25) is 0 Å². The van der Waals surface area contributed by atoms with Gasteiger partial charge in [-0.3, -0.25) is 19.2 Å². The van der Waals surface area contributed by atoms with Crippen molar-refractivity contribution in [3.05, 3.63) is 0 Å². The highest BCUT2D eigenvalue weighted by Crippen LogP contribution is 2.03. The van der Waals surface area contributed by atoms with Crippen LogP contribution in [0.15, 0.2) is 0 Å². The number of carboxylic acid groups (broad SMARTS) is 2. The zero-order valence-corrected chi connectivity index (χ0v) is 23.4. The molecule has 0 saturated heterocycles. The largest absolute Gasteiger partial charge is 0.481 e. The molecule has 14 heteroatoms. The number of methoxy groups -OCH3 is 2. The van der Waals surface area contributed by atoms with E-state index in [9.17, 15) is 19.2 Å². The first-order valence-corrected chi connectivity index (χ1v) is 12.8. The summed E-state index contributed by atoms with van der Waals surface area (Å²) in [5.74, 6) is -2.50. The van der Waals surface area contributed by atoms with Crippen molar-refractivity contribution in [2.75, 3.05) is 60.7 Å². The number of aliphatic hydroxyl groups is 4. The molecule has 0 atom stereocenters. The Labute approximate surface area is 245 Å². The molecule has 0 heterocycles. The quantitative estimate of drug-likeness (QED) is 0.0626. The van der Waals surface area contributed by atoms with Gasteiger partial charge in [0, 0.05) is 53.1 Å². The van der Waals surface area contributed by atoms with E-state index >= 15 is 0 Å². The summed E-state index contributed by atoms with van der Waals surface area (Å²) in [6.07, 6.45) is 6.42. The van der Waals surface area contributed by atoms with Crippen LogP contribution in [0.25, 0.3) is 0 Å². The fraction of sp³-hybridized carbons (Fsp3) is 0.852. The van der Waals surface area contributed by atoms with E-state index in [0.717, 1.165) is 25.7 Å². The van der Waals surface area contributed by atoms with Crippen LogP contribution in [0.1, 0.15) is 91.9 Å². The molecule has 0 spiro atoms. The molecule has 41 heavy (non-hydrogen) atoms. The minimum absolute atomic E-state index is 0. The lowest BCUT2D eigenvalue weighted by atomic mass is 10.2. The first-order chi connectivity index (χ1) is 18.7. The number of rotatable bonds is 21. The van der Waals surface area contributed by atoms with E-state index in [0.29, 0.717) is 38.9 Å². The van der Waals surface area contributed by atoms with Gasteiger partial charge < -0.3 is 49.6 Å². The minimum Gasteiger partial charge on any atom is -0.481 e. The predicted octanol–water partition coefficient (Wildman–Crippen LogP) is 2.37. The third-order valence-corrected chi connectivity index (χ3v) is 4.18. The first kappa shape index (κ1) is 51.4. The molecular formula is C27H58O14. The fourth-order valence-corrected chi connectivity index (χ4v) is 2.21. The summed E-state index contributed by atoms with van der Waals surface area (Å²) in [6, 6.07) is 0. The zero-order chi connectivity index (χ0) is 30.6. The number of hydrogen-bond acceptors (Lipinski definition) is 12. The average molecular weight is 607 g/mol. The van der Waals surface area contributed by atoms with E-state index in [1.54, 1.807) is 7.11 Å². The number of aliphatic carboxylic acids is 2. The lowest BCUT2D eigenvalue weighted by molar-refractivity contribution is -0.152. The zero-order valence-electron chi connectivity index (χ0n) is 23.4. The summed E-state index contributed by atoms with van der Waals surface area (Å²) in [4.78, 5) is 41.6. The maximum absolute atomic E-state index is 11.1. The van der Waals surface area contributed by atoms with Gasteiger partial charge in [-0.2, -0.15) is 0 Å². The van der Waals surface area contributed by atoms with Crippen molar-refractivity contribution >= 4 is 23.9 Å². The van der Waals surface area contributed by atoms with Crippen molar-refractivity contribution in [3.8, 4) is 0 Å². The number of carbonyl (C=O) groups is 4. The Morgan fingerprint density at radius 1 is 0.488 bits per heavy atom. The summed E-state index contributed by atoms with van der Waals surface area (Å²) < 4.78 is 18.3. The van der Waals surface area contributed by atoms with Crippen molar-refractivity contribution < 1.29 is 68.8 Å². The van der Waals surface area contributed by atoms with Crippen LogP contribution in [0, 0.1) is 0 Å². The summed E-state index contributed by atoms with van der Waals surface area (Å²) >= 11 is 0. The topological polar surface area (TPSA) is 227 Å². The average Bonchev–Trinajstić information content (AvgIpc) is 2.89. The van der Waals surface area contributed by atoms with Crippen LogP contribution in [-0.2, 0) is 38.1 Å². The Morgan fingerprint density at radius 3 is 1.17 bits per heavy atom. The molecule has 0 amide bonds. The standard InChI is InChI=1S/C10H18O6.C6H10O4.C6H14O2.C3H8O2.2CH4/c1-14-6-7-15-9(12)4-2-3-5-10(13)16-8-11;7-5(8)3-1-2-4-6(9)10;7-5-3-1-2-4-6-8;1-5-3-2-4;;/h11H,2-8H2,1H3;1-4H2,(H,7,8)(H,9,10);7-8H,1-6H2;4H,2-3H2,1H3;2*1H4. The molecule has 0 aromatic rings. The lowest BCUT2D eigenvalue weighted by Gasteiger charge is -2.03. The predicted molar refractivity (Wildman–Crippen MR) is 153 cm³/mol. The SMILES string of the molecule is C.C.COCCO.COCCOC(=O)CCCCC(=O)OCO.O=C(O)CCCCC(=O)O.OCCCCCCO. The Morgan fingerprint density at radius 2 is 0.878 bits per heavy atom. The van der Waals surface area contributed by atoms with Gasteiger partial charge in [0.25, 0.3) is 0 Å². The minimum atomic E-state index is -0.870. The number of hydrogen-bond donors (Lipinski definition) is 6. The number of ether oxygens (including phenoxy) is 4. The van der Waals surface area contributed by atoms with Gasteiger partial charge in [0.05, 0.1) is 19.8 Å². The van der Waals surface area contributed by atoms with E-state index in [1.807, 2.05) is 0 Å². The molecule has 6 N–H and O–H groups in total. The van der Waals surface area contributed by atoms with Crippen LogP contribution in [-0.4, -0.2) is 115 Å². The van der Waals surface area contributed by atoms with Gasteiger partial charge in [-0.25, -0.2) is 0 Å². The smallest absolute Gasteiger partial charge is 0.307 e. The van der Waals surface area contributed by atoms with Gasteiger partial charge >= 0.3 is 23.9 Å². The molecule has 14 nitrogen and oxygen atoms in total. The Bertz CT molecular complexity index is 520. The Balaban J connectivity index is -0.000000106. The van der Waals surface area contributed by atoms with Crippen LogP contribution in [0.2, 0.25) is 0 Å². The second-order valence-corrected chi connectivity index (χ2v) is 7.64. The van der Waals surface area contributed by atoms with E-state index in [1.165, 1.54) is 7.11 Å². The van der Waals surface area contributed by atoms with Crippen molar-refractivity contribution in [1.82, 2.24) is 0 Å². The molecule has 0 aliphatic heterocycles. The molecule has 0 unspecified atom stereocenters. The van der Waals surface area contributed by atoms with Crippen molar-refractivity contribution in [1.29, 1.82) is 0 Å². The summed E-state index contributed by atoms with van der Waals surface area (Å²) in [7, 11) is 3.08. The monoisotopic (exact) mass is 606 g/mol. The molecule has 0 radical (unpaired) electrons. The fourth-order valence-electron chi connectivity index (χ4n) is 2.21. The second kappa shape index (κ2) is 47.4. The number of carbonyl (C=O) groups excluding carboxylic acids is 2. The van der Waals surface area contributed by atoms with Gasteiger partial charge in [-0.15, -0.1) is 0 Å². The van der Waals surface area contributed by atoms with Crippen LogP contribution >= 0.6 is 0 Å². The molecule has 0 rings (SSSR count). The highest BCUT2D eigenvalue weighted by molar-refractivity contribution is 5.70. The molecule has 250 valence electrons. The Hall–Kier alpha value is -2.36. The molecule has 0 saturated carbocycles. The van der Waals surface area contributed by atoms with Crippen molar-refractivity contribution in [2.45, 2.75) is 91.9 Å². The number of esters is 2. The van der Waals surface area contributed by atoms with Crippen LogP contribution in [0.4, 0.5) is 0 Å². The number of carboxylic acids is 2. The van der Waals surface area contributed by atoms with Gasteiger partial charge in [0.15, 0.2) is 6.79 Å². The highest BCUT2D eigenvalue weighted by Gasteiger charge is 2.05. The number of aliphatic hydroxyl groups excluding tert-OH is 4. The normalized spacial score (nSPS) is 9.02. The lowest BCUT2D eigenvalue weighted by Crippen LogP contribution is -2.10. The van der Waals surface area contributed by atoms with Crippen LogP contribution in [0.5, 0.6) is 0 Å².